The first-order valence-corrected chi connectivity index (χ1v) is 6.98. The highest BCUT2D eigenvalue weighted by atomic mass is 16.6. The average molecular weight is 269 g/mol. The number of carbonyl (C=O) groups is 2. The molecule has 1 aliphatic heterocycles. The molecule has 0 aromatic rings. The summed E-state index contributed by atoms with van der Waals surface area (Å²) in [5.74, 6) is -0.833. The number of carboxylic acid groups (broad SMARTS) is 1. The Balaban J connectivity index is 2.31. The van der Waals surface area contributed by atoms with E-state index >= 15 is 0 Å². The Bertz CT molecular complexity index is 401. The van der Waals surface area contributed by atoms with Crippen LogP contribution in [0.15, 0.2) is 0 Å². The molecular weight excluding hydrogens is 246 g/mol. The lowest BCUT2D eigenvalue weighted by atomic mass is 9.80. The van der Waals surface area contributed by atoms with Gasteiger partial charge in [0.2, 0.25) is 0 Å². The number of nitrogens with zero attached hydrogens (tertiary/aromatic N) is 1. The molecular formula is C14H23NO4. The predicted molar refractivity (Wildman–Crippen MR) is 69.9 cm³/mol. The largest absolute Gasteiger partial charge is 0.479 e. The van der Waals surface area contributed by atoms with Crippen molar-refractivity contribution in [2.24, 2.45) is 5.92 Å². The molecule has 2 rings (SSSR count). The van der Waals surface area contributed by atoms with Crippen LogP contribution in [0.4, 0.5) is 4.79 Å². The van der Waals surface area contributed by atoms with E-state index in [1.54, 1.807) is 20.8 Å². The third kappa shape index (κ3) is 2.09. The molecule has 2 fully saturated rings. The number of ether oxygens (including phenoxy) is 1. The van der Waals surface area contributed by atoms with E-state index in [4.69, 9.17) is 4.74 Å². The highest BCUT2D eigenvalue weighted by Crippen LogP contribution is 2.51. The number of carboxylic acids is 1. The number of piperidine rings is 1. The van der Waals surface area contributed by atoms with Crippen LogP contribution < -0.4 is 0 Å². The number of rotatable bonds is 2. The number of hydrogen-bond donors (Lipinski definition) is 1. The number of carbonyl (C=O) groups excluding carboxylic acids is 1. The van der Waals surface area contributed by atoms with Crippen LogP contribution in [0.2, 0.25) is 0 Å². The topological polar surface area (TPSA) is 66.8 Å². The number of fused-ring (bicyclic) bond motifs is 2. The van der Waals surface area contributed by atoms with Gasteiger partial charge in [-0.25, -0.2) is 9.59 Å². The third-order valence-corrected chi connectivity index (χ3v) is 4.37. The van der Waals surface area contributed by atoms with Crippen molar-refractivity contribution < 1.29 is 19.4 Å². The lowest BCUT2D eigenvalue weighted by Crippen LogP contribution is -2.60. The van der Waals surface area contributed by atoms with Crippen molar-refractivity contribution in [3.8, 4) is 0 Å². The van der Waals surface area contributed by atoms with Crippen LogP contribution in [-0.2, 0) is 9.53 Å². The van der Waals surface area contributed by atoms with Gasteiger partial charge in [0.15, 0.2) is 0 Å². The lowest BCUT2D eigenvalue weighted by Gasteiger charge is -2.43. The fourth-order valence-corrected chi connectivity index (χ4v) is 3.66. The standard InChI is InChI=1S/C14H23NO4/c1-5-14(11(16)17)9-6-7-10(8-9)15(14)12(18)19-13(2,3)4/h9-10H,5-8H2,1-4H3,(H,16,17). The first-order valence-electron chi connectivity index (χ1n) is 6.98. The maximum Gasteiger partial charge on any atom is 0.411 e. The minimum atomic E-state index is -1.06. The Labute approximate surface area is 113 Å². The lowest BCUT2D eigenvalue weighted by molar-refractivity contribution is -0.154. The summed E-state index contributed by atoms with van der Waals surface area (Å²) in [7, 11) is 0. The maximum atomic E-state index is 12.4. The van der Waals surface area contributed by atoms with E-state index in [9.17, 15) is 14.7 Å². The second-order valence-corrected chi connectivity index (χ2v) is 6.60. The molecule has 2 aliphatic rings. The second kappa shape index (κ2) is 4.39. The summed E-state index contributed by atoms with van der Waals surface area (Å²) in [5.41, 5.74) is -1.66. The Hall–Kier alpha value is -1.26. The van der Waals surface area contributed by atoms with Gasteiger partial charge in [0.05, 0.1) is 0 Å². The molecule has 1 saturated heterocycles. The molecule has 2 bridgehead atoms. The van der Waals surface area contributed by atoms with Gasteiger partial charge in [-0.1, -0.05) is 6.92 Å². The zero-order chi connectivity index (χ0) is 14.4. The van der Waals surface area contributed by atoms with Gasteiger partial charge in [-0.2, -0.15) is 0 Å². The zero-order valence-corrected chi connectivity index (χ0v) is 12.1. The molecule has 5 heteroatoms. The molecule has 1 amide bonds. The third-order valence-electron chi connectivity index (χ3n) is 4.37. The summed E-state index contributed by atoms with van der Waals surface area (Å²) >= 11 is 0. The predicted octanol–water partition coefficient (Wildman–Crippen LogP) is 2.64. The van der Waals surface area contributed by atoms with Gasteiger partial charge in [0.1, 0.15) is 11.1 Å². The van der Waals surface area contributed by atoms with Crippen molar-refractivity contribution in [2.45, 2.75) is 70.6 Å². The van der Waals surface area contributed by atoms with Crippen LogP contribution in [-0.4, -0.2) is 39.3 Å². The Morgan fingerprint density at radius 3 is 2.47 bits per heavy atom. The van der Waals surface area contributed by atoms with Crippen LogP contribution in [0.25, 0.3) is 0 Å². The molecule has 108 valence electrons. The second-order valence-electron chi connectivity index (χ2n) is 6.60. The van der Waals surface area contributed by atoms with E-state index in [0.717, 1.165) is 19.3 Å². The number of hydrogen-bond acceptors (Lipinski definition) is 3. The number of amides is 1. The molecule has 3 unspecified atom stereocenters. The van der Waals surface area contributed by atoms with Crippen LogP contribution in [0.5, 0.6) is 0 Å². The Morgan fingerprint density at radius 2 is 2.00 bits per heavy atom. The minimum Gasteiger partial charge on any atom is -0.479 e. The molecule has 5 nitrogen and oxygen atoms in total. The van der Waals surface area contributed by atoms with Gasteiger partial charge in [-0.15, -0.1) is 0 Å². The van der Waals surface area contributed by atoms with Crippen LogP contribution >= 0.6 is 0 Å². The zero-order valence-electron chi connectivity index (χ0n) is 12.1. The Morgan fingerprint density at radius 1 is 1.37 bits per heavy atom. The van der Waals surface area contributed by atoms with Crippen LogP contribution in [0, 0.1) is 5.92 Å². The van der Waals surface area contributed by atoms with Crippen molar-refractivity contribution >= 4 is 12.1 Å². The summed E-state index contributed by atoms with van der Waals surface area (Å²) in [6.07, 6.45) is 2.52. The molecule has 1 aliphatic carbocycles. The first-order chi connectivity index (χ1) is 8.72. The highest BCUT2D eigenvalue weighted by Gasteiger charge is 2.62. The number of likely N-dealkylation sites (tertiary alicyclic amines) is 1. The van der Waals surface area contributed by atoms with Crippen molar-refractivity contribution in [2.75, 3.05) is 0 Å². The normalized spacial score (nSPS) is 33.6. The number of aliphatic carboxylic acids is 1. The summed E-state index contributed by atoms with van der Waals surface area (Å²) in [4.78, 5) is 25.7. The van der Waals surface area contributed by atoms with Crippen molar-refractivity contribution in [1.29, 1.82) is 0 Å². The van der Waals surface area contributed by atoms with Gasteiger partial charge in [0, 0.05) is 6.04 Å². The van der Waals surface area contributed by atoms with Crippen molar-refractivity contribution in [3.63, 3.8) is 0 Å². The molecule has 1 saturated carbocycles. The average Bonchev–Trinajstić information content (AvgIpc) is 2.83. The molecule has 1 N–H and O–H groups in total. The van der Waals surface area contributed by atoms with Crippen LogP contribution in [0.1, 0.15) is 53.4 Å². The molecule has 0 aromatic heterocycles. The van der Waals surface area contributed by atoms with Crippen molar-refractivity contribution in [3.05, 3.63) is 0 Å². The molecule has 0 spiro atoms. The van der Waals surface area contributed by atoms with Gasteiger partial charge < -0.3 is 9.84 Å². The fourth-order valence-electron chi connectivity index (χ4n) is 3.66. The van der Waals surface area contributed by atoms with E-state index < -0.39 is 23.2 Å². The van der Waals surface area contributed by atoms with Gasteiger partial charge in [-0.3, -0.25) is 4.90 Å². The monoisotopic (exact) mass is 269 g/mol. The highest BCUT2D eigenvalue weighted by molar-refractivity contribution is 5.86. The van der Waals surface area contributed by atoms with Gasteiger partial charge in [0.25, 0.3) is 0 Å². The van der Waals surface area contributed by atoms with Gasteiger partial charge in [-0.05, 0) is 52.4 Å². The smallest absolute Gasteiger partial charge is 0.411 e. The molecule has 1 heterocycles. The van der Waals surface area contributed by atoms with E-state index in [2.05, 4.69) is 0 Å². The SMILES string of the molecule is CCC1(C(=O)O)C2CCC(C2)N1C(=O)OC(C)(C)C. The summed E-state index contributed by atoms with van der Waals surface area (Å²) in [6.45, 7) is 7.24. The molecule has 19 heavy (non-hydrogen) atoms. The van der Waals surface area contributed by atoms with E-state index in [0.29, 0.717) is 6.42 Å². The fraction of sp³-hybridized carbons (Fsp3) is 0.857. The van der Waals surface area contributed by atoms with E-state index in [1.165, 1.54) is 4.90 Å². The van der Waals surface area contributed by atoms with Crippen molar-refractivity contribution in [1.82, 2.24) is 4.90 Å². The van der Waals surface area contributed by atoms with E-state index in [1.807, 2.05) is 6.92 Å². The van der Waals surface area contributed by atoms with E-state index in [-0.39, 0.29) is 12.0 Å². The van der Waals surface area contributed by atoms with Gasteiger partial charge >= 0.3 is 12.1 Å². The molecule has 0 radical (unpaired) electrons. The summed E-state index contributed by atoms with van der Waals surface area (Å²) in [5, 5.41) is 9.65. The van der Waals surface area contributed by atoms with Crippen LogP contribution in [0.3, 0.4) is 0 Å². The minimum absolute atomic E-state index is 0.0240. The molecule has 0 aromatic carbocycles. The molecule has 3 atom stereocenters. The Kier molecular flexibility index (Phi) is 3.27. The summed E-state index contributed by atoms with van der Waals surface area (Å²) in [6, 6.07) is 0.0240. The first kappa shape index (κ1) is 14.2. The summed E-state index contributed by atoms with van der Waals surface area (Å²) < 4.78 is 5.41. The quantitative estimate of drug-likeness (QED) is 0.836. The maximum absolute atomic E-state index is 12.4.